The number of terminal acetylenes is 1. The van der Waals surface area contributed by atoms with E-state index in [0.717, 1.165) is 112 Å². The van der Waals surface area contributed by atoms with E-state index in [1.807, 2.05) is 163 Å². The predicted molar refractivity (Wildman–Crippen MR) is 626 cm³/mol. The monoisotopic (exact) mass is 2820 g/mol. The average Bonchev–Trinajstić information content (AvgIpc) is 1.70. The van der Waals surface area contributed by atoms with Crippen LogP contribution in [0.15, 0.2) is 241 Å². The first-order valence-corrected chi connectivity index (χ1v) is 59.6. The second-order valence-corrected chi connectivity index (χ2v) is 55.2. The molecule has 13 aromatic rings. The van der Waals surface area contributed by atoms with Gasteiger partial charge in [-0.25, -0.2) is 34.5 Å². The average molecular weight is 2830 g/mol. The third kappa shape index (κ3) is 50.9. The number of carbonyl (C=O) groups is 6. The lowest BCUT2D eigenvalue weighted by molar-refractivity contribution is -0.138. The number of nitriles is 2. The molecule has 0 amide bonds. The van der Waals surface area contributed by atoms with Crippen LogP contribution in [0.5, 0.6) is 0 Å². The quantitative estimate of drug-likeness (QED) is 0.00512. The smallest absolute Gasteiger partial charge is 0.354 e. The van der Waals surface area contributed by atoms with Gasteiger partial charge in [0.25, 0.3) is 10.5 Å². The van der Waals surface area contributed by atoms with Crippen molar-refractivity contribution in [1.82, 2.24) is 28.7 Å². The normalized spacial score (nSPS) is 12.5. The SMILES string of the molecule is C.C#CC.CC(=O)/C=C/Sc1ccc(N)cc1.CC(=O)/C=C/Sc1ccc(N=c2ssnc2Cl)cc1.CC(=O)/C=C/Sc1ccc2nc(C#N)sc2c1.CC(=O)/C=C/Sc1ccc2nc(C3=N[C@@H](C(=O)O)CS3)sc2c1.CI.Clc1ns[s+]c1Cl.IC(I)I.ICI.N#Cc1nc2ccc(S)cc2s1.Nc1ccc(S)cc1.O=C(O)[C@H]1CSC(c2nc3ccc(S)cc3s2)=N1.[Cl-]. The molecule has 2 aliphatic rings. The van der Waals surface area contributed by atoms with Gasteiger partial charge in [-0.1, -0.05) is 213 Å². The van der Waals surface area contributed by atoms with E-state index in [4.69, 9.17) is 67.0 Å². The van der Waals surface area contributed by atoms with E-state index in [1.54, 1.807) is 40.7 Å². The van der Waals surface area contributed by atoms with Gasteiger partial charge in [-0.3, -0.25) is 29.2 Å². The van der Waals surface area contributed by atoms with Crippen molar-refractivity contribution < 1.29 is 51.4 Å². The maximum Gasteiger partial charge on any atom is 0.354 e. The van der Waals surface area contributed by atoms with Crippen molar-refractivity contribution in [1.29, 1.82) is 10.5 Å². The number of carboxylic acid groups (broad SMARTS) is 2. The van der Waals surface area contributed by atoms with Crippen molar-refractivity contribution in [2.75, 3.05) is 30.3 Å². The van der Waals surface area contributed by atoms with Crippen LogP contribution in [0.1, 0.15) is 62.1 Å². The molecule has 8 heterocycles. The van der Waals surface area contributed by atoms with E-state index in [-0.39, 0.29) is 43.0 Å². The van der Waals surface area contributed by atoms with Crippen LogP contribution in [0.2, 0.25) is 14.6 Å². The van der Waals surface area contributed by atoms with Gasteiger partial charge >= 0.3 is 26.6 Å². The Balaban J connectivity index is 0.000000505. The minimum atomic E-state index is -0.899. The fourth-order valence-electron chi connectivity index (χ4n) is 8.25. The van der Waals surface area contributed by atoms with Crippen molar-refractivity contribution in [3.63, 3.8) is 0 Å². The number of benzene rings is 7. The summed E-state index contributed by atoms with van der Waals surface area (Å²) >= 11 is 57.6. The van der Waals surface area contributed by atoms with Crippen LogP contribution < -0.4 is 28.5 Å². The van der Waals surface area contributed by atoms with E-state index in [1.165, 1.54) is 200 Å². The van der Waals surface area contributed by atoms with Gasteiger partial charge in [0.05, 0.1) is 49.0 Å². The summed E-state index contributed by atoms with van der Waals surface area (Å²) < 4.78 is 15.0. The molecule has 0 fully saturated rings. The number of thioether (sulfide) groups is 6. The van der Waals surface area contributed by atoms with E-state index in [0.29, 0.717) is 41.2 Å². The first kappa shape index (κ1) is 124. The fourth-order valence-corrected chi connectivity index (χ4v) is 21.9. The van der Waals surface area contributed by atoms with E-state index in [9.17, 15) is 28.8 Å². The number of carboxylic acids is 2. The van der Waals surface area contributed by atoms with Crippen LogP contribution in [0.3, 0.4) is 0 Å². The molecule has 6 N–H and O–H groups in total. The van der Waals surface area contributed by atoms with E-state index >= 15 is 0 Å². The number of ketones is 4. The number of carbonyl (C=O) groups excluding carboxylic acids is 4. The molecule has 6 aromatic heterocycles. The molecule has 131 heavy (non-hydrogen) atoms. The number of fused-ring (bicyclic) bond motifs is 4. The summed E-state index contributed by atoms with van der Waals surface area (Å²) in [5, 5.41) is 47.1. The number of nitrogen functional groups attached to an aromatic ring is 2. The van der Waals surface area contributed by atoms with Gasteiger partial charge in [0.2, 0.25) is 5.15 Å². The summed E-state index contributed by atoms with van der Waals surface area (Å²) in [6.45, 7) is 7.74. The predicted octanol–water partition coefficient (Wildman–Crippen LogP) is 26.6. The Kier molecular flexibility index (Phi) is 66.3. The highest BCUT2D eigenvalue weighted by Crippen LogP contribution is 2.36. The first-order valence-electron chi connectivity index (χ1n) is 35.2. The van der Waals surface area contributed by atoms with Gasteiger partial charge in [-0.2, -0.15) is 14.9 Å². The van der Waals surface area contributed by atoms with Gasteiger partial charge in [-0.05, 0) is 253 Å². The lowest BCUT2D eigenvalue weighted by atomic mass is 10.3. The number of hydrogen-bond donors (Lipinski definition) is 7. The summed E-state index contributed by atoms with van der Waals surface area (Å²) in [7, 11) is 5.43. The third-order valence-corrected chi connectivity index (χ3v) is 29.0. The Morgan fingerprint density at radius 2 is 0.878 bits per heavy atom. The number of anilines is 2. The molecule has 7 aromatic carbocycles. The molecule has 0 aliphatic carbocycles. The highest BCUT2D eigenvalue weighted by molar-refractivity contribution is 14.3. The number of allylic oxidation sites excluding steroid dienone is 4. The summed E-state index contributed by atoms with van der Waals surface area (Å²) in [5.41, 5.74) is 16.8. The van der Waals surface area contributed by atoms with E-state index in [2.05, 4.69) is 229 Å². The maximum atomic E-state index is 11.0. The summed E-state index contributed by atoms with van der Waals surface area (Å²) in [6.07, 6.45) is 10.7. The van der Waals surface area contributed by atoms with Gasteiger partial charge < -0.3 is 34.1 Å². The molecule has 0 saturated heterocycles. The summed E-state index contributed by atoms with van der Waals surface area (Å²) in [6, 6.07) is 48.4. The van der Waals surface area contributed by atoms with Crippen LogP contribution >= 0.6 is 366 Å². The van der Waals surface area contributed by atoms with Gasteiger partial charge in [0.15, 0.2) is 55.1 Å². The zero-order chi connectivity index (χ0) is 95.5. The van der Waals surface area contributed by atoms with Crippen LogP contribution in [0.25, 0.3) is 40.9 Å². The molecular formula is C83H73Cl4I6N13O8S17. The molecular weight excluding hydrogens is 2760 g/mol. The number of hydrogen-bond acceptors (Lipinski definition) is 35. The number of nitrogens with zero attached hydrogens (tertiary/aromatic N) is 11. The number of alkyl halides is 6. The molecule has 0 saturated carbocycles. The topological polar surface area (TPSA) is 357 Å². The lowest BCUT2D eigenvalue weighted by Gasteiger charge is -1.96. The number of aliphatic imine (C=N–C) groups is 2. The van der Waals surface area contributed by atoms with E-state index < -0.39 is 24.0 Å². The Morgan fingerprint density at radius 1 is 0.550 bits per heavy atom. The molecule has 690 valence electrons. The highest BCUT2D eigenvalue weighted by atomic mass is 127. The third-order valence-electron chi connectivity index (χ3n) is 13.6. The van der Waals surface area contributed by atoms with Crippen LogP contribution in [0.4, 0.5) is 17.1 Å². The number of aromatic nitrogens is 6. The Morgan fingerprint density at radius 3 is 1.20 bits per heavy atom. The van der Waals surface area contributed by atoms with Crippen molar-refractivity contribution in [2.45, 2.75) is 88.3 Å². The van der Waals surface area contributed by atoms with Gasteiger partial charge in [0, 0.05) is 67.7 Å². The second-order valence-electron chi connectivity index (χ2n) is 23.2. The van der Waals surface area contributed by atoms with Gasteiger partial charge in [0.1, 0.15) is 32.2 Å². The Bertz CT molecular complexity index is 6220. The first-order chi connectivity index (χ1) is 61.6. The Labute approximate surface area is 934 Å². The minimum absolute atomic E-state index is 0. The molecule has 2 atom stereocenters. The molecule has 0 unspecified atom stereocenters. The second kappa shape index (κ2) is 70.3. The summed E-state index contributed by atoms with van der Waals surface area (Å²) in [5.74, 6) is 1.56. The largest absolute Gasteiger partial charge is 1.00 e. The number of aliphatic carboxylic acids is 2. The molecule has 0 bridgehead atoms. The van der Waals surface area contributed by atoms with Crippen LogP contribution in [-0.4, -0.2) is 115 Å². The van der Waals surface area contributed by atoms with Crippen molar-refractivity contribution in [2.24, 2.45) is 15.0 Å². The molecule has 48 heteroatoms. The molecule has 0 spiro atoms. The lowest BCUT2D eigenvalue weighted by Crippen LogP contribution is -3.00. The van der Waals surface area contributed by atoms with Gasteiger partial charge in [-0.15, -0.1) is 123 Å². The van der Waals surface area contributed by atoms with Crippen LogP contribution in [0, 0.1) is 35.0 Å². The number of rotatable bonds is 17. The number of thiazole rings is 4. The Hall–Kier alpha value is -3.39. The maximum absolute atomic E-state index is 11.0. The number of nitrogens with two attached hydrogens (primary N) is 2. The van der Waals surface area contributed by atoms with Crippen molar-refractivity contribution in [3.05, 3.63) is 231 Å². The summed E-state index contributed by atoms with van der Waals surface area (Å²) in [4.78, 5) is 104. The molecule has 21 nitrogen and oxygen atoms in total. The fraction of sp³-hybridized carbons (Fsp3) is 0.157. The van der Waals surface area contributed by atoms with Crippen molar-refractivity contribution >= 4 is 469 Å². The molecule has 0 radical (unpaired) electrons. The standard InChI is InChI=1S/C15H12N2O3S3.C12H9ClN2OS3.C12H8N2OS2.C11H8N2O2S3.C10H11NOS.C8H4N2S2.C6H7NS.C3H4.C2Cl2NS2.CHI3.CH2I2.CH3I.CH4.ClH/c1-8(18)4-5-21-9-2-3-10-12(6-9)23-14(16-10)13-17-11(7-22-13)15(19)20;1-8(16)6-7-17-10-4-2-9(3-5-10)14-12-11(13)15-19-18-12;1-8(15)4-5-16-9-2-3-10-11(6-9)17-12(7-13)14-10;14-11(15)7-4-17-9(13-7)10-12-6-2-1-5(16)3-8(6)18-10;1-8(12)6-7-13-10-4-2-9(11)3-5-10;9-4-8-10-6-2-1-5(11)3-7(6)12-8;7-5-1-3-6(8)4-2-5;1-3-2;3-1-2(4)6-7-5-1;2-1(3)4;2-1-3;1-2;;/h2-6,11H,7H2,1H3,(H,19,20);2-7H,1H3;2-6H,1H3;1-3,7,16H,4H2,(H,14,15);2-7H,11H2,1H3;1-3,11H;1-4,8H,7H2;1H,2H3;;1H;1H2;1H3;1H4;1H/q;;;;;;;;+1;;;;;/p-1/b5-4+;7-6+,14-12?;5-4+;;7-6+;;;;;;;;;/t11-;;;7-;;;;;;;;;;/m1..1........../s1. The zero-order valence-corrected chi connectivity index (χ0v) is 97.7. The van der Waals surface area contributed by atoms with Crippen LogP contribution in [-0.2, 0) is 28.8 Å². The highest BCUT2D eigenvalue weighted by Gasteiger charge is 2.28. The van der Waals surface area contributed by atoms with Crippen molar-refractivity contribution in [3.8, 4) is 24.5 Å². The number of halogens is 10. The number of thiol groups is 3. The molecule has 15 rings (SSSR count). The molecule has 2 aliphatic heterocycles. The minimum Gasteiger partial charge on any atom is -1.00 e. The zero-order valence-electron chi connectivity index (χ0n) is 67.7.